The average molecular weight is 277 g/mol. The lowest BCUT2D eigenvalue weighted by Crippen LogP contribution is -2.41. The maximum absolute atomic E-state index is 11.4. The minimum Gasteiger partial charge on any atom is -0.465 e. The number of aliphatic hydroxyl groups is 1. The van der Waals surface area contributed by atoms with Gasteiger partial charge < -0.3 is 15.2 Å². The molecule has 4 nitrogen and oxygen atoms in total. The normalized spacial score (nSPS) is 25.6. The third-order valence-corrected chi connectivity index (χ3v) is 4.37. The molecule has 1 aliphatic carbocycles. The van der Waals surface area contributed by atoms with E-state index in [2.05, 4.69) is 17.0 Å². The first kappa shape index (κ1) is 15.0. The summed E-state index contributed by atoms with van der Waals surface area (Å²) < 4.78 is 4.68. The van der Waals surface area contributed by atoms with E-state index in [4.69, 9.17) is 0 Å². The molecule has 4 heteroatoms. The molecule has 0 aliphatic heterocycles. The largest absolute Gasteiger partial charge is 0.465 e. The average Bonchev–Trinajstić information content (AvgIpc) is 2.86. The van der Waals surface area contributed by atoms with Crippen molar-refractivity contribution in [3.05, 3.63) is 35.4 Å². The third-order valence-electron chi connectivity index (χ3n) is 4.37. The van der Waals surface area contributed by atoms with Gasteiger partial charge >= 0.3 is 5.97 Å². The zero-order chi connectivity index (χ0) is 14.6. The standard InChI is InChI=1S/C16H23NO3/c1-16(11-18)9-3-4-14(16)17-10-12-5-7-13(8-6-12)15(19)20-2/h5-8,14,17-18H,3-4,9-11H2,1-2H3/t14-,16-/m0/s1. The van der Waals surface area contributed by atoms with Crippen molar-refractivity contribution in [2.75, 3.05) is 13.7 Å². The van der Waals surface area contributed by atoms with E-state index in [-0.39, 0.29) is 18.0 Å². The third kappa shape index (κ3) is 3.19. The molecule has 0 spiro atoms. The Hall–Kier alpha value is -1.39. The number of aliphatic hydroxyl groups excluding tert-OH is 1. The Morgan fingerprint density at radius 2 is 2.15 bits per heavy atom. The molecular formula is C16H23NO3. The molecule has 0 amide bonds. The van der Waals surface area contributed by atoms with Gasteiger partial charge in [-0.1, -0.05) is 25.5 Å². The number of carbonyl (C=O) groups is 1. The highest BCUT2D eigenvalue weighted by molar-refractivity contribution is 5.89. The van der Waals surface area contributed by atoms with Crippen molar-refractivity contribution in [3.63, 3.8) is 0 Å². The number of methoxy groups -OCH3 is 1. The molecule has 0 radical (unpaired) electrons. The summed E-state index contributed by atoms with van der Waals surface area (Å²) in [6, 6.07) is 7.79. The van der Waals surface area contributed by atoms with Gasteiger partial charge in [0.1, 0.15) is 0 Å². The molecule has 0 bridgehead atoms. The lowest BCUT2D eigenvalue weighted by Gasteiger charge is -2.30. The smallest absolute Gasteiger partial charge is 0.337 e. The summed E-state index contributed by atoms with van der Waals surface area (Å²) in [7, 11) is 1.38. The fourth-order valence-electron chi connectivity index (χ4n) is 2.89. The zero-order valence-corrected chi connectivity index (χ0v) is 12.2. The summed E-state index contributed by atoms with van der Waals surface area (Å²) in [4.78, 5) is 11.4. The van der Waals surface area contributed by atoms with Crippen LogP contribution in [0.2, 0.25) is 0 Å². The fourth-order valence-corrected chi connectivity index (χ4v) is 2.89. The Balaban J connectivity index is 1.93. The maximum atomic E-state index is 11.4. The first-order valence-electron chi connectivity index (χ1n) is 7.10. The number of ether oxygens (including phenoxy) is 1. The number of carbonyl (C=O) groups excluding carboxylic acids is 1. The molecule has 2 N–H and O–H groups in total. The summed E-state index contributed by atoms with van der Waals surface area (Å²) in [6.45, 7) is 3.12. The topological polar surface area (TPSA) is 58.6 Å². The molecule has 0 unspecified atom stereocenters. The molecule has 1 aliphatic rings. The fraction of sp³-hybridized carbons (Fsp3) is 0.562. The van der Waals surface area contributed by atoms with Gasteiger partial charge in [-0.15, -0.1) is 0 Å². The van der Waals surface area contributed by atoms with Crippen molar-refractivity contribution in [2.24, 2.45) is 5.41 Å². The van der Waals surface area contributed by atoms with E-state index in [9.17, 15) is 9.90 Å². The molecule has 1 aromatic rings. The minimum absolute atomic E-state index is 0.00798. The van der Waals surface area contributed by atoms with E-state index < -0.39 is 0 Å². The van der Waals surface area contributed by atoms with Gasteiger partial charge in [0, 0.05) is 24.6 Å². The van der Waals surface area contributed by atoms with Crippen LogP contribution in [0.3, 0.4) is 0 Å². The van der Waals surface area contributed by atoms with E-state index in [1.165, 1.54) is 7.11 Å². The summed E-state index contributed by atoms with van der Waals surface area (Å²) in [6.07, 6.45) is 3.34. The predicted molar refractivity (Wildman–Crippen MR) is 77.5 cm³/mol. The number of hydrogen-bond acceptors (Lipinski definition) is 4. The van der Waals surface area contributed by atoms with Crippen LogP contribution in [0.25, 0.3) is 0 Å². The lowest BCUT2D eigenvalue weighted by atomic mass is 9.86. The molecule has 2 rings (SSSR count). The number of esters is 1. The molecule has 0 saturated heterocycles. The van der Waals surface area contributed by atoms with Gasteiger partial charge in [0.15, 0.2) is 0 Å². The van der Waals surface area contributed by atoms with Crippen LogP contribution in [0.4, 0.5) is 0 Å². The number of benzene rings is 1. The molecule has 1 aromatic carbocycles. The molecule has 1 saturated carbocycles. The maximum Gasteiger partial charge on any atom is 0.337 e. The zero-order valence-electron chi connectivity index (χ0n) is 12.2. The van der Waals surface area contributed by atoms with Gasteiger partial charge in [0.2, 0.25) is 0 Å². The Kier molecular flexibility index (Phi) is 4.78. The molecular weight excluding hydrogens is 254 g/mol. The van der Waals surface area contributed by atoms with Crippen molar-refractivity contribution in [3.8, 4) is 0 Å². The number of hydrogen-bond donors (Lipinski definition) is 2. The predicted octanol–water partition coefficient (Wildman–Crippen LogP) is 2.11. The quantitative estimate of drug-likeness (QED) is 0.809. The van der Waals surface area contributed by atoms with Gasteiger partial charge in [-0.25, -0.2) is 4.79 Å². The van der Waals surface area contributed by atoms with Gasteiger partial charge in [0.05, 0.1) is 12.7 Å². The lowest BCUT2D eigenvalue weighted by molar-refractivity contribution is 0.0600. The van der Waals surface area contributed by atoms with Crippen molar-refractivity contribution in [1.29, 1.82) is 0 Å². The van der Waals surface area contributed by atoms with Crippen LogP contribution in [-0.2, 0) is 11.3 Å². The number of rotatable bonds is 5. The van der Waals surface area contributed by atoms with Crippen LogP contribution < -0.4 is 5.32 Å². The van der Waals surface area contributed by atoms with Gasteiger partial charge in [-0.2, -0.15) is 0 Å². The van der Waals surface area contributed by atoms with Gasteiger partial charge in [-0.3, -0.25) is 0 Å². The van der Waals surface area contributed by atoms with Gasteiger partial charge in [0.25, 0.3) is 0 Å². The van der Waals surface area contributed by atoms with Crippen LogP contribution in [0.15, 0.2) is 24.3 Å². The van der Waals surface area contributed by atoms with Crippen molar-refractivity contribution in [1.82, 2.24) is 5.32 Å². The van der Waals surface area contributed by atoms with E-state index in [0.717, 1.165) is 31.4 Å². The second kappa shape index (κ2) is 6.37. The van der Waals surface area contributed by atoms with E-state index in [1.54, 1.807) is 12.1 Å². The van der Waals surface area contributed by atoms with Crippen molar-refractivity contribution >= 4 is 5.97 Å². The molecule has 110 valence electrons. The Bertz CT molecular complexity index is 457. The summed E-state index contributed by atoms with van der Waals surface area (Å²) in [5.74, 6) is -0.312. The highest BCUT2D eigenvalue weighted by Crippen LogP contribution is 2.37. The Morgan fingerprint density at radius 3 is 2.75 bits per heavy atom. The first-order valence-corrected chi connectivity index (χ1v) is 7.10. The summed E-state index contributed by atoms with van der Waals surface area (Å²) in [5.41, 5.74) is 1.69. The van der Waals surface area contributed by atoms with E-state index >= 15 is 0 Å². The van der Waals surface area contributed by atoms with Crippen LogP contribution >= 0.6 is 0 Å². The molecule has 2 atom stereocenters. The monoisotopic (exact) mass is 277 g/mol. The van der Waals surface area contributed by atoms with Crippen LogP contribution in [0, 0.1) is 5.41 Å². The molecule has 0 aromatic heterocycles. The SMILES string of the molecule is COC(=O)c1ccc(CN[C@H]2CCC[C@@]2(C)CO)cc1. The summed E-state index contributed by atoms with van der Waals surface area (Å²) in [5, 5.41) is 13.1. The second-order valence-electron chi connectivity index (χ2n) is 5.83. The second-order valence-corrected chi connectivity index (χ2v) is 5.83. The highest BCUT2D eigenvalue weighted by Gasteiger charge is 2.37. The Labute approximate surface area is 120 Å². The minimum atomic E-state index is -0.312. The van der Waals surface area contributed by atoms with Crippen molar-refractivity contribution in [2.45, 2.75) is 38.8 Å². The Morgan fingerprint density at radius 1 is 1.45 bits per heavy atom. The van der Waals surface area contributed by atoms with E-state index in [1.807, 2.05) is 12.1 Å². The molecule has 20 heavy (non-hydrogen) atoms. The summed E-state index contributed by atoms with van der Waals surface area (Å²) >= 11 is 0. The first-order chi connectivity index (χ1) is 9.59. The van der Waals surface area contributed by atoms with Crippen LogP contribution in [0.5, 0.6) is 0 Å². The van der Waals surface area contributed by atoms with Crippen molar-refractivity contribution < 1.29 is 14.6 Å². The van der Waals surface area contributed by atoms with E-state index in [0.29, 0.717) is 11.6 Å². The highest BCUT2D eigenvalue weighted by atomic mass is 16.5. The van der Waals surface area contributed by atoms with Crippen LogP contribution in [0.1, 0.15) is 42.1 Å². The molecule has 0 heterocycles. The number of nitrogens with one attached hydrogen (secondary N) is 1. The molecule has 1 fully saturated rings. The van der Waals surface area contributed by atoms with Crippen LogP contribution in [-0.4, -0.2) is 30.8 Å². The van der Waals surface area contributed by atoms with Gasteiger partial charge in [-0.05, 0) is 30.5 Å².